The first-order valence-electron chi connectivity index (χ1n) is 6.89. The molecule has 19 heavy (non-hydrogen) atoms. The third-order valence-electron chi connectivity index (χ3n) is 4.07. The second kappa shape index (κ2) is 5.33. The Balaban J connectivity index is 1.90. The van der Waals surface area contributed by atoms with E-state index in [-0.39, 0.29) is 0 Å². The van der Waals surface area contributed by atoms with Crippen LogP contribution >= 0.6 is 0 Å². The van der Waals surface area contributed by atoms with Gasteiger partial charge in [0.1, 0.15) is 0 Å². The number of likely N-dealkylation sites (tertiary alicyclic amines) is 1. The first kappa shape index (κ1) is 14.1. The number of aromatic nitrogens is 2. The number of hydrogen-bond acceptors (Lipinski definition) is 3. The van der Waals surface area contributed by atoms with Crippen LogP contribution in [0.1, 0.15) is 45.2 Å². The maximum Gasteiger partial charge on any atom is 0.309 e. The smallest absolute Gasteiger partial charge is 0.309 e. The molecule has 1 aromatic heterocycles. The zero-order valence-electron chi connectivity index (χ0n) is 12.0. The molecule has 0 bridgehead atoms. The number of hydrogen-bond donors (Lipinski definition) is 1. The van der Waals surface area contributed by atoms with Gasteiger partial charge in [-0.2, -0.15) is 5.10 Å². The van der Waals surface area contributed by atoms with Gasteiger partial charge in [0.2, 0.25) is 0 Å². The van der Waals surface area contributed by atoms with Gasteiger partial charge in [0.15, 0.2) is 0 Å². The van der Waals surface area contributed by atoms with Crippen molar-refractivity contribution in [2.75, 3.05) is 13.1 Å². The Morgan fingerprint density at radius 2 is 2.11 bits per heavy atom. The zero-order valence-corrected chi connectivity index (χ0v) is 12.0. The summed E-state index contributed by atoms with van der Waals surface area (Å²) in [4.78, 5) is 13.5. The molecular weight excluding hydrogens is 242 g/mol. The topological polar surface area (TPSA) is 58.4 Å². The summed E-state index contributed by atoms with van der Waals surface area (Å²) in [6.45, 7) is 8.61. The third-order valence-corrected chi connectivity index (χ3v) is 4.07. The molecule has 1 aliphatic rings. The van der Waals surface area contributed by atoms with E-state index in [2.05, 4.69) is 30.0 Å². The average molecular weight is 265 g/mol. The Kier molecular flexibility index (Phi) is 3.94. The summed E-state index contributed by atoms with van der Waals surface area (Å²) in [6, 6.07) is 0.380. The maximum atomic E-state index is 11.2. The molecule has 2 rings (SSSR count). The Morgan fingerprint density at radius 1 is 1.47 bits per heavy atom. The number of piperidine rings is 1. The van der Waals surface area contributed by atoms with Gasteiger partial charge in [0.25, 0.3) is 0 Å². The zero-order chi connectivity index (χ0) is 14.0. The monoisotopic (exact) mass is 265 g/mol. The van der Waals surface area contributed by atoms with Crippen LogP contribution in [-0.2, 0) is 11.3 Å². The van der Waals surface area contributed by atoms with E-state index in [1.807, 2.05) is 17.8 Å². The van der Waals surface area contributed by atoms with Gasteiger partial charge >= 0.3 is 5.97 Å². The lowest BCUT2D eigenvalue weighted by Crippen LogP contribution is -2.42. The molecule has 0 radical (unpaired) electrons. The lowest BCUT2D eigenvalue weighted by Gasteiger charge is -2.36. The molecule has 0 saturated carbocycles. The van der Waals surface area contributed by atoms with E-state index >= 15 is 0 Å². The number of carbonyl (C=O) groups is 1. The number of aliphatic carboxylic acids is 1. The minimum absolute atomic E-state index is 0.380. The summed E-state index contributed by atoms with van der Waals surface area (Å²) in [7, 11) is 0. The van der Waals surface area contributed by atoms with Crippen LogP contribution in [0, 0.1) is 5.41 Å². The van der Waals surface area contributed by atoms with Crippen molar-refractivity contribution in [3.05, 3.63) is 18.0 Å². The van der Waals surface area contributed by atoms with Gasteiger partial charge in [0, 0.05) is 24.3 Å². The maximum absolute atomic E-state index is 11.2. The fourth-order valence-electron chi connectivity index (χ4n) is 2.42. The van der Waals surface area contributed by atoms with Crippen LogP contribution in [0.25, 0.3) is 0 Å². The summed E-state index contributed by atoms with van der Waals surface area (Å²) in [6.07, 6.45) is 5.43. The lowest BCUT2D eigenvalue weighted by atomic mass is 9.80. The van der Waals surface area contributed by atoms with Gasteiger partial charge < -0.3 is 5.11 Å². The van der Waals surface area contributed by atoms with Crippen LogP contribution in [0.4, 0.5) is 0 Å². The normalized spacial score (nSPS) is 19.8. The molecule has 1 saturated heterocycles. The lowest BCUT2D eigenvalue weighted by molar-refractivity contribution is -0.150. The van der Waals surface area contributed by atoms with Crippen molar-refractivity contribution in [1.29, 1.82) is 0 Å². The Labute approximate surface area is 114 Å². The molecule has 5 heteroatoms. The molecule has 0 unspecified atom stereocenters. The van der Waals surface area contributed by atoms with E-state index in [0.717, 1.165) is 32.5 Å². The quantitative estimate of drug-likeness (QED) is 0.906. The molecule has 0 aliphatic carbocycles. The van der Waals surface area contributed by atoms with Gasteiger partial charge in [-0.1, -0.05) is 0 Å². The molecule has 0 aromatic carbocycles. The van der Waals surface area contributed by atoms with Crippen molar-refractivity contribution in [3.63, 3.8) is 0 Å². The summed E-state index contributed by atoms with van der Waals surface area (Å²) in [5.74, 6) is -0.667. The van der Waals surface area contributed by atoms with Crippen molar-refractivity contribution >= 4 is 5.97 Å². The minimum atomic E-state index is -0.667. The predicted molar refractivity (Wildman–Crippen MR) is 72.9 cm³/mol. The SMILES string of the molecule is CC(C)n1cc(CN2CCC(C)(C(=O)O)CC2)cn1. The molecule has 1 fully saturated rings. The summed E-state index contributed by atoms with van der Waals surface area (Å²) in [5, 5.41) is 13.5. The molecule has 5 nitrogen and oxygen atoms in total. The van der Waals surface area contributed by atoms with Crippen molar-refractivity contribution < 1.29 is 9.90 Å². The van der Waals surface area contributed by atoms with Crippen LogP contribution in [0.3, 0.4) is 0 Å². The highest BCUT2D eigenvalue weighted by molar-refractivity contribution is 5.74. The molecule has 0 amide bonds. The van der Waals surface area contributed by atoms with Gasteiger partial charge in [0.05, 0.1) is 11.6 Å². The molecule has 0 spiro atoms. The highest BCUT2D eigenvalue weighted by Crippen LogP contribution is 2.31. The van der Waals surface area contributed by atoms with E-state index in [0.29, 0.717) is 6.04 Å². The van der Waals surface area contributed by atoms with Gasteiger partial charge in [-0.25, -0.2) is 0 Å². The molecule has 106 valence electrons. The summed E-state index contributed by atoms with van der Waals surface area (Å²) >= 11 is 0. The van der Waals surface area contributed by atoms with Gasteiger partial charge in [-0.15, -0.1) is 0 Å². The molecule has 1 aliphatic heterocycles. The Hall–Kier alpha value is -1.36. The molecule has 2 heterocycles. The van der Waals surface area contributed by atoms with E-state index in [1.165, 1.54) is 5.56 Å². The molecule has 1 aromatic rings. The standard InChI is InChI=1S/C14H23N3O2/c1-11(2)17-10-12(8-15-17)9-16-6-4-14(3,5-7-16)13(18)19/h8,10-11H,4-7,9H2,1-3H3,(H,18,19). The van der Waals surface area contributed by atoms with Crippen LogP contribution in [0.2, 0.25) is 0 Å². The average Bonchev–Trinajstić information content (AvgIpc) is 2.81. The summed E-state index contributed by atoms with van der Waals surface area (Å²) in [5.41, 5.74) is 0.658. The highest BCUT2D eigenvalue weighted by Gasteiger charge is 2.36. The van der Waals surface area contributed by atoms with E-state index in [1.54, 1.807) is 0 Å². The van der Waals surface area contributed by atoms with Crippen LogP contribution in [0.5, 0.6) is 0 Å². The molecule has 0 atom stereocenters. The van der Waals surface area contributed by atoms with Gasteiger partial charge in [-0.05, 0) is 46.7 Å². The fourth-order valence-corrected chi connectivity index (χ4v) is 2.42. The summed E-state index contributed by atoms with van der Waals surface area (Å²) < 4.78 is 1.96. The van der Waals surface area contributed by atoms with Crippen molar-refractivity contribution in [3.8, 4) is 0 Å². The Morgan fingerprint density at radius 3 is 2.58 bits per heavy atom. The van der Waals surface area contributed by atoms with Crippen LogP contribution in [0.15, 0.2) is 12.4 Å². The van der Waals surface area contributed by atoms with Crippen LogP contribution < -0.4 is 0 Å². The molecule has 1 N–H and O–H groups in total. The predicted octanol–water partition coefficient (Wildman–Crippen LogP) is 2.15. The second-order valence-electron chi connectivity index (χ2n) is 6.06. The third kappa shape index (κ3) is 3.15. The van der Waals surface area contributed by atoms with Crippen LogP contribution in [-0.4, -0.2) is 38.8 Å². The van der Waals surface area contributed by atoms with E-state index in [9.17, 15) is 9.90 Å². The fraction of sp³-hybridized carbons (Fsp3) is 0.714. The van der Waals surface area contributed by atoms with E-state index in [4.69, 9.17) is 0 Å². The van der Waals surface area contributed by atoms with Gasteiger partial charge in [-0.3, -0.25) is 14.4 Å². The van der Waals surface area contributed by atoms with Crippen molar-refractivity contribution in [2.45, 2.75) is 46.2 Å². The first-order chi connectivity index (χ1) is 8.90. The first-order valence-corrected chi connectivity index (χ1v) is 6.89. The minimum Gasteiger partial charge on any atom is -0.481 e. The number of nitrogens with zero attached hydrogens (tertiary/aromatic N) is 3. The molecular formula is C14H23N3O2. The number of carboxylic acids is 1. The number of rotatable bonds is 4. The largest absolute Gasteiger partial charge is 0.481 e. The van der Waals surface area contributed by atoms with E-state index < -0.39 is 11.4 Å². The highest BCUT2D eigenvalue weighted by atomic mass is 16.4. The van der Waals surface area contributed by atoms with Crippen molar-refractivity contribution in [2.24, 2.45) is 5.41 Å². The Bertz CT molecular complexity index is 445. The van der Waals surface area contributed by atoms with Crippen molar-refractivity contribution in [1.82, 2.24) is 14.7 Å². The second-order valence-corrected chi connectivity index (χ2v) is 6.06. The number of carboxylic acid groups (broad SMARTS) is 1.